The zero-order valence-corrected chi connectivity index (χ0v) is 11.9. The summed E-state index contributed by atoms with van der Waals surface area (Å²) in [6.07, 6.45) is 2.07. The summed E-state index contributed by atoms with van der Waals surface area (Å²) < 4.78 is 15.5. The molecule has 2 rings (SSSR count). The van der Waals surface area contributed by atoms with Crippen molar-refractivity contribution in [1.29, 1.82) is 0 Å². The number of imidazole rings is 1. The molecule has 1 heterocycles. The quantitative estimate of drug-likeness (QED) is 0.928. The first-order valence-corrected chi connectivity index (χ1v) is 7.03. The van der Waals surface area contributed by atoms with Crippen molar-refractivity contribution in [2.45, 2.75) is 32.1 Å². The summed E-state index contributed by atoms with van der Waals surface area (Å²) in [5.41, 5.74) is 8.07. The summed E-state index contributed by atoms with van der Waals surface area (Å²) in [6.45, 7) is 6.81. The van der Waals surface area contributed by atoms with E-state index in [0.717, 1.165) is 12.1 Å². The van der Waals surface area contributed by atoms with Gasteiger partial charge in [-0.25, -0.2) is 9.37 Å². The van der Waals surface area contributed by atoms with Crippen molar-refractivity contribution in [2.24, 2.45) is 0 Å². The third-order valence-electron chi connectivity index (χ3n) is 3.15. The molecule has 2 N–H and O–H groups in total. The molecule has 0 unspecified atom stereocenters. The number of hydrogen-bond acceptors (Lipinski definition) is 3. The van der Waals surface area contributed by atoms with Crippen LogP contribution in [-0.4, -0.2) is 20.6 Å². The zero-order valence-electron chi connectivity index (χ0n) is 11.1. The Kier molecular flexibility index (Phi) is 3.27. The van der Waals surface area contributed by atoms with Crippen LogP contribution < -0.4 is 5.73 Å². The molecule has 0 amide bonds. The first-order chi connectivity index (χ1) is 8.34. The second kappa shape index (κ2) is 4.46. The first kappa shape index (κ1) is 13.2. The Morgan fingerprint density at radius 1 is 1.44 bits per heavy atom. The summed E-state index contributed by atoms with van der Waals surface area (Å²) >= 11 is 1.77. The van der Waals surface area contributed by atoms with Gasteiger partial charge in [0.05, 0.1) is 11.0 Å². The fourth-order valence-corrected chi connectivity index (χ4v) is 2.14. The van der Waals surface area contributed by atoms with Crippen LogP contribution in [0.3, 0.4) is 0 Å². The van der Waals surface area contributed by atoms with Gasteiger partial charge in [0.15, 0.2) is 0 Å². The Labute approximate surface area is 111 Å². The number of anilines is 1. The van der Waals surface area contributed by atoms with Gasteiger partial charge >= 0.3 is 0 Å². The van der Waals surface area contributed by atoms with E-state index < -0.39 is 0 Å². The van der Waals surface area contributed by atoms with Crippen molar-refractivity contribution in [1.82, 2.24) is 9.55 Å². The molecule has 0 saturated carbocycles. The number of aryl methyl sites for hydroxylation is 1. The van der Waals surface area contributed by atoms with Crippen molar-refractivity contribution in [3.63, 3.8) is 0 Å². The molecule has 0 aliphatic rings. The Morgan fingerprint density at radius 2 is 2.11 bits per heavy atom. The number of aromatic nitrogens is 2. The highest BCUT2D eigenvalue weighted by atomic mass is 32.2. The molecule has 3 nitrogen and oxygen atoms in total. The molecule has 0 saturated heterocycles. The van der Waals surface area contributed by atoms with Gasteiger partial charge in [-0.05, 0) is 38.7 Å². The van der Waals surface area contributed by atoms with Gasteiger partial charge < -0.3 is 10.3 Å². The molecule has 1 aromatic heterocycles. The fourth-order valence-electron chi connectivity index (χ4n) is 1.88. The van der Waals surface area contributed by atoms with Gasteiger partial charge in [-0.15, -0.1) is 0 Å². The number of nitrogens with two attached hydrogens (primary N) is 1. The predicted molar refractivity (Wildman–Crippen MR) is 76.4 cm³/mol. The van der Waals surface area contributed by atoms with E-state index in [1.165, 1.54) is 6.07 Å². The summed E-state index contributed by atoms with van der Waals surface area (Å²) in [6, 6.07) is 3.26. The highest BCUT2D eigenvalue weighted by molar-refractivity contribution is 7.99. The second-order valence-electron chi connectivity index (χ2n) is 5.11. The number of halogens is 1. The van der Waals surface area contributed by atoms with Crippen LogP contribution in [0.15, 0.2) is 12.1 Å². The molecular weight excluding hydrogens is 249 g/mol. The Morgan fingerprint density at radius 3 is 2.72 bits per heavy atom. The minimum absolute atomic E-state index is 0.0596. The number of fused-ring (bicyclic) bond motifs is 1. The van der Waals surface area contributed by atoms with Gasteiger partial charge in [-0.1, -0.05) is 0 Å². The third-order valence-corrected chi connectivity index (χ3v) is 4.38. The van der Waals surface area contributed by atoms with Crippen LogP contribution in [-0.2, 0) is 6.54 Å². The molecule has 0 fully saturated rings. The van der Waals surface area contributed by atoms with E-state index in [0.29, 0.717) is 17.0 Å². The van der Waals surface area contributed by atoms with Gasteiger partial charge in [0.25, 0.3) is 0 Å². The topological polar surface area (TPSA) is 43.8 Å². The summed E-state index contributed by atoms with van der Waals surface area (Å²) in [7, 11) is 0. The van der Waals surface area contributed by atoms with E-state index in [1.807, 2.05) is 10.6 Å². The minimum Gasteiger partial charge on any atom is -0.369 e. The number of rotatable bonds is 3. The van der Waals surface area contributed by atoms with Crippen molar-refractivity contribution >= 4 is 28.7 Å². The largest absolute Gasteiger partial charge is 0.369 e. The van der Waals surface area contributed by atoms with Crippen molar-refractivity contribution in [3.8, 4) is 0 Å². The van der Waals surface area contributed by atoms with Gasteiger partial charge in [0, 0.05) is 17.4 Å². The molecule has 5 heteroatoms. The van der Waals surface area contributed by atoms with Crippen LogP contribution in [0.25, 0.3) is 11.0 Å². The SMILES string of the molecule is CSC(C)(C)Cn1c(N)nc2cc(F)c(C)cc21. The molecule has 0 bridgehead atoms. The number of nitrogen functional groups attached to an aromatic ring is 1. The molecule has 0 spiro atoms. The van der Waals surface area contributed by atoms with E-state index in [-0.39, 0.29) is 10.6 Å². The van der Waals surface area contributed by atoms with E-state index in [9.17, 15) is 4.39 Å². The fraction of sp³-hybridized carbons (Fsp3) is 0.462. The van der Waals surface area contributed by atoms with Gasteiger partial charge in [-0.3, -0.25) is 0 Å². The molecule has 18 heavy (non-hydrogen) atoms. The molecule has 2 aromatic rings. The van der Waals surface area contributed by atoms with Crippen LogP contribution in [0.2, 0.25) is 0 Å². The molecule has 0 aliphatic carbocycles. The second-order valence-corrected chi connectivity index (χ2v) is 6.62. The van der Waals surface area contributed by atoms with E-state index in [4.69, 9.17) is 5.73 Å². The molecule has 0 atom stereocenters. The molecule has 0 aliphatic heterocycles. The third kappa shape index (κ3) is 2.32. The van der Waals surface area contributed by atoms with Crippen molar-refractivity contribution < 1.29 is 4.39 Å². The lowest BCUT2D eigenvalue weighted by molar-refractivity contribution is 0.584. The maximum absolute atomic E-state index is 13.5. The number of benzene rings is 1. The highest BCUT2D eigenvalue weighted by Gasteiger charge is 2.20. The summed E-state index contributed by atoms with van der Waals surface area (Å²) in [4.78, 5) is 4.22. The maximum atomic E-state index is 13.5. The Balaban J connectivity index is 2.57. The molecular formula is C13H18FN3S. The molecule has 0 radical (unpaired) electrons. The maximum Gasteiger partial charge on any atom is 0.201 e. The molecule has 98 valence electrons. The predicted octanol–water partition coefficient (Wildman–Crippen LogP) is 3.21. The average Bonchev–Trinajstić information content (AvgIpc) is 2.57. The lowest BCUT2D eigenvalue weighted by Crippen LogP contribution is -2.23. The summed E-state index contributed by atoms with van der Waals surface area (Å²) in [5.74, 6) is 0.202. The van der Waals surface area contributed by atoms with Crippen molar-refractivity contribution in [2.75, 3.05) is 12.0 Å². The van der Waals surface area contributed by atoms with Crippen LogP contribution in [0.5, 0.6) is 0 Å². The monoisotopic (exact) mass is 267 g/mol. The summed E-state index contributed by atoms with van der Waals surface area (Å²) in [5, 5.41) is 0. The van der Waals surface area contributed by atoms with Crippen LogP contribution in [0.4, 0.5) is 10.3 Å². The van der Waals surface area contributed by atoms with Crippen LogP contribution in [0.1, 0.15) is 19.4 Å². The van der Waals surface area contributed by atoms with Crippen LogP contribution in [0, 0.1) is 12.7 Å². The van der Waals surface area contributed by atoms with Gasteiger partial charge in [-0.2, -0.15) is 11.8 Å². The zero-order chi connectivity index (χ0) is 13.5. The lowest BCUT2D eigenvalue weighted by Gasteiger charge is -2.23. The Hall–Kier alpha value is -1.23. The van der Waals surface area contributed by atoms with E-state index in [2.05, 4.69) is 25.1 Å². The smallest absolute Gasteiger partial charge is 0.201 e. The molecule has 1 aromatic carbocycles. The van der Waals surface area contributed by atoms with Crippen LogP contribution >= 0.6 is 11.8 Å². The first-order valence-electron chi connectivity index (χ1n) is 5.81. The standard InChI is InChI=1S/C13H18FN3S/c1-8-5-11-10(6-9(8)14)16-12(15)17(11)7-13(2,3)18-4/h5-6H,7H2,1-4H3,(H2,15,16). The van der Waals surface area contributed by atoms with Gasteiger partial charge in [0.2, 0.25) is 5.95 Å². The average molecular weight is 267 g/mol. The number of thioether (sulfide) groups is 1. The van der Waals surface area contributed by atoms with E-state index in [1.54, 1.807) is 18.7 Å². The number of nitrogens with zero attached hydrogens (tertiary/aromatic N) is 2. The minimum atomic E-state index is -0.240. The van der Waals surface area contributed by atoms with Crippen molar-refractivity contribution in [3.05, 3.63) is 23.5 Å². The highest BCUT2D eigenvalue weighted by Crippen LogP contribution is 2.28. The number of hydrogen-bond donors (Lipinski definition) is 1. The lowest BCUT2D eigenvalue weighted by atomic mass is 10.2. The van der Waals surface area contributed by atoms with Gasteiger partial charge in [0.1, 0.15) is 5.82 Å². The normalized spacial score (nSPS) is 12.3. The van der Waals surface area contributed by atoms with E-state index >= 15 is 0 Å². The Bertz CT molecular complexity index is 589.